The second-order valence-corrected chi connectivity index (χ2v) is 4.99. The first kappa shape index (κ1) is 13.5. The molecule has 5 nitrogen and oxygen atoms in total. The van der Waals surface area contributed by atoms with Gasteiger partial charge in [-0.25, -0.2) is 4.79 Å². The maximum Gasteiger partial charge on any atom is 0.335 e. The van der Waals surface area contributed by atoms with Gasteiger partial charge in [0.15, 0.2) is 0 Å². The zero-order valence-corrected chi connectivity index (χ0v) is 11.0. The minimum Gasteiger partial charge on any atom is -0.478 e. The first-order valence-corrected chi connectivity index (χ1v) is 6.50. The molecule has 1 aromatic heterocycles. The summed E-state index contributed by atoms with van der Waals surface area (Å²) in [5.41, 5.74) is 1.10. The van der Waals surface area contributed by atoms with E-state index in [2.05, 4.69) is 4.98 Å². The number of aromatic nitrogens is 1. The molecule has 2 heterocycles. The van der Waals surface area contributed by atoms with Gasteiger partial charge in [0.25, 0.3) is 0 Å². The molecule has 1 aromatic rings. The van der Waals surface area contributed by atoms with Gasteiger partial charge in [0.1, 0.15) is 0 Å². The van der Waals surface area contributed by atoms with Gasteiger partial charge in [0, 0.05) is 31.9 Å². The molecule has 5 heteroatoms. The first-order valence-electron chi connectivity index (χ1n) is 6.50. The van der Waals surface area contributed by atoms with E-state index in [1.165, 1.54) is 6.07 Å². The van der Waals surface area contributed by atoms with E-state index in [1.807, 2.05) is 4.90 Å². The Bertz CT molecular complexity index is 479. The smallest absolute Gasteiger partial charge is 0.335 e. The molecule has 0 spiro atoms. The Kier molecular flexibility index (Phi) is 4.14. The summed E-state index contributed by atoms with van der Waals surface area (Å²) in [6.07, 6.45) is 4.24. The van der Waals surface area contributed by atoms with Crippen LogP contribution in [0.1, 0.15) is 35.8 Å². The minimum absolute atomic E-state index is 0.129. The van der Waals surface area contributed by atoms with Gasteiger partial charge in [0.05, 0.1) is 5.56 Å². The molecule has 0 radical (unpaired) electrons. The van der Waals surface area contributed by atoms with Crippen LogP contribution in [0.5, 0.6) is 0 Å². The normalized spacial score (nSPS) is 16.4. The molecule has 1 fully saturated rings. The molecule has 1 amide bonds. The van der Waals surface area contributed by atoms with E-state index in [1.54, 1.807) is 19.2 Å². The maximum atomic E-state index is 11.2. The fraction of sp³-hybridized carbons (Fsp3) is 0.500. The zero-order chi connectivity index (χ0) is 13.8. The minimum atomic E-state index is -0.921. The molecule has 1 N–H and O–H groups in total. The Morgan fingerprint density at radius 1 is 1.42 bits per heavy atom. The number of piperidine rings is 1. The Morgan fingerprint density at radius 3 is 2.68 bits per heavy atom. The van der Waals surface area contributed by atoms with Crippen LogP contribution in [0.3, 0.4) is 0 Å². The second-order valence-electron chi connectivity index (χ2n) is 4.99. The predicted octanol–water partition coefficient (Wildman–Crippen LogP) is 1.58. The molecule has 0 aromatic carbocycles. The number of rotatable bonds is 3. The summed E-state index contributed by atoms with van der Waals surface area (Å²) in [6, 6.07) is 3.14. The van der Waals surface area contributed by atoms with Crippen LogP contribution in [-0.4, -0.2) is 40.0 Å². The number of nitrogens with zero attached hydrogens (tertiary/aromatic N) is 2. The third-order valence-corrected chi connectivity index (χ3v) is 3.62. The van der Waals surface area contributed by atoms with Crippen LogP contribution in [0.4, 0.5) is 0 Å². The average molecular weight is 262 g/mol. The van der Waals surface area contributed by atoms with E-state index in [0.717, 1.165) is 38.0 Å². The van der Waals surface area contributed by atoms with Gasteiger partial charge in [0.2, 0.25) is 5.91 Å². The molecule has 2 rings (SSSR count). The SMILES string of the molecule is CC(=O)N1CCC(Cc2cc(C(=O)O)ccn2)CC1. The molecule has 1 aliphatic heterocycles. The van der Waals surface area contributed by atoms with E-state index < -0.39 is 5.97 Å². The summed E-state index contributed by atoms with van der Waals surface area (Å²) >= 11 is 0. The van der Waals surface area contributed by atoms with Gasteiger partial charge >= 0.3 is 5.97 Å². The van der Waals surface area contributed by atoms with Crippen LogP contribution in [0, 0.1) is 5.92 Å². The van der Waals surface area contributed by atoms with Gasteiger partial charge < -0.3 is 10.0 Å². The molecule has 0 atom stereocenters. The highest BCUT2D eigenvalue weighted by molar-refractivity contribution is 5.87. The third kappa shape index (κ3) is 3.53. The number of amides is 1. The monoisotopic (exact) mass is 262 g/mol. The first-order chi connectivity index (χ1) is 9.06. The van der Waals surface area contributed by atoms with Gasteiger partial charge in [-0.05, 0) is 37.3 Å². The van der Waals surface area contributed by atoms with Crippen molar-refractivity contribution in [2.45, 2.75) is 26.2 Å². The number of carbonyl (C=O) groups excluding carboxylic acids is 1. The standard InChI is InChI=1S/C14H18N2O3/c1-10(17)16-6-3-11(4-7-16)8-13-9-12(14(18)19)2-5-15-13/h2,5,9,11H,3-4,6-8H2,1H3,(H,18,19). The molecular weight excluding hydrogens is 244 g/mol. The van der Waals surface area contributed by atoms with Crippen LogP contribution in [0.15, 0.2) is 18.3 Å². The van der Waals surface area contributed by atoms with Crippen molar-refractivity contribution in [2.75, 3.05) is 13.1 Å². The van der Waals surface area contributed by atoms with Crippen LogP contribution < -0.4 is 0 Å². The molecule has 19 heavy (non-hydrogen) atoms. The second kappa shape index (κ2) is 5.82. The molecule has 1 aliphatic rings. The Hall–Kier alpha value is -1.91. The van der Waals surface area contributed by atoms with Crippen molar-refractivity contribution in [2.24, 2.45) is 5.92 Å². The predicted molar refractivity (Wildman–Crippen MR) is 69.9 cm³/mol. The lowest BCUT2D eigenvalue weighted by Gasteiger charge is -2.31. The fourth-order valence-corrected chi connectivity index (χ4v) is 2.47. The van der Waals surface area contributed by atoms with Gasteiger partial charge in [-0.2, -0.15) is 0 Å². The van der Waals surface area contributed by atoms with Crippen LogP contribution >= 0.6 is 0 Å². The van der Waals surface area contributed by atoms with Crippen LogP contribution in [-0.2, 0) is 11.2 Å². The molecule has 0 aliphatic carbocycles. The Labute approximate surface area is 112 Å². The van der Waals surface area contributed by atoms with Crippen molar-refractivity contribution in [3.8, 4) is 0 Å². The fourth-order valence-electron chi connectivity index (χ4n) is 2.47. The topological polar surface area (TPSA) is 70.5 Å². The Morgan fingerprint density at radius 2 is 2.11 bits per heavy atom. The van der Waals surface area contributed by atoms with Gasteiger partial charge in [-0.3, -0.25) is 9.78 Å². The molecule has 102 valence electrons. The van der Waals surface area contributed by atoms with Crippen LogP contribution in [0.2, 0.25) is 0 Å². The Balaban J connectivity index is 1.94. The van der Waals surface area contributed by atoms with E-state index in [-0.39, 0.29) is 11.5 Å². The molecule has 0 saturated carbocycles. The van der Waals surface area contributed by atoms with E-state index in [0.29, 0.717) is 5.92 Å². The summed E-state index contributed by atoms with van der Waals surface area (Å²) in [6.45, 7) is 3.18. The number of carboxylic acid groups (broad SMARTS) is 1. The quantitative estimate of drug-likeness (QED) is 0.897. The lowest BCUT2D eigenvalue weighted by molar-refractivity contribution is -0.130. The van der Waals surface area contributed by atoms with E-state index in [4.69, 9.17) is 5.11 Å². The summed E-state index contributed by atoms with van der Waals surface area (Å²) in [5, 5.41) is 8.94. The van der Waals surface area contributed by atoms with Crippen molar-refractivity contribution in [3.63, 3.8) is 0 Å². The summed E-state index contributed by atoms with van der Waals surface area (Å²) in [7, 11) is 0. The lowest BCUT2D eigenvalue weighted by Crippen LogP contribution is -2.37. The summed E-state index contributed by atoms with van der Waals surface area (Å²) < 4.78 is 0. The highest BCUT2D eigenvalue weighted by atomic mass is 16.4. The van der Waals surface area contributed by atoms with Crippen molar-refractivity contribution >= 4 is 11.9 Å². The number of pyridine rings is 1. The summed E-state index contributed by atoms with van der Waals surface area (Å²) in [4.78, 5) is 28.2. The summed E-state index contributed by atoms with van der Waals surface area (Å²) in [5.74, 6) is -0.313. The van der Waals surface area contributed by atoms with Crippen molar-refractivity contribution in [1.29, 1.82) is 0 Å². The number of carboxylic acids is 1. The van der Waals surface area contributed by atoms with Crippen molar-refractivity contribution in [1.82, 2.24) is 9.88 Å². The average Bonchev–Trinajstić information content (AvgIpc) is 2.39. The largest absolute Gasteiger partial charge is 0.478 e. The number of carbonyl (C=O) groups is 2. The molecule has 1 saturated heterocycles. The maximum absolute atomic E-state index is 11.2. The lowest BCUT2D eigenvalue weighted by atomic mass is 9.91. The van der Waals surface area contributed by atoms with Crippen molar-refractivity contribution in [3.05, 3.63) is 29.6 Å². The molecule has 0 bridgehead atoms. The zero-order valence-electron chi connectivity index (χ0n) is 11.0. The van der Waals surface area contributed by atoms with Gasteiger partial charge in [-0.15, -0.1) is 0 Å². The number of hydrogen-bond acceptors (Lipinski definition) is 3. The van der Waals surface area contributed by atoms with E-state index in [9.17, 15) is 9.59 Å². The van der Waals surface area contributed by atoms with Crippen molar-refractivity contribution < 1.29 is 14.7 Å². The number of likely N-dealkylation sites (tertiary alicyclic amines) is 1. The highest BCUT2D eigenvalue weighted by Gasteiger charge is 2.21. The number of aromatic carboxylic acids is 1. The highest BCUT2D eigenvalue weighted by Crippen LogP contribution is 2.21. The molecular formula is C14H18N2O3. The van der Waals surface area contributed by atoms with E-state index >= 15 is 0 Å². The molecule has 0 unspecified atom stereocenters. The third-order valence-electron chi connectivity index (χ3n) is 3.62. The van der Waals surface area contributed by atoms with Gasteiger partial charge in [-0.1, -0.05) is 0 Å². The van der Waals surface area contributed by atoms with Crippen LogP contribution in [0.25, 0.3) is 0 Å². The number of hydrogen-bond donors (Lipinski definition) is 1.